The normalized spacial score (nSPS) is 12.4. The van der Waals surface area contributed by atoms with E-state index < -0.39 is 11.6 Å². The first-order valence-corrected chi connectivity index (χ1v) is 9.20. The van der Waals surface area contributed by atoms with Gasteiger partial charge in [0, 0.05) is 13.5 Å². The second kappa shape index (κ2) is 8.43. The molecule has 0 saturated carbocycles. The van der Waals surface area contributed by atoms with Crippen molar-refractivity contribution >= 4 is 29.0 Å². The molecule has 0 saturated heterocycles. The highest BCUT2D eigenvalue weighted by Gasteiger charge is 2.23. The molecule has 148 valence electrons. The van der Waals surface area contributed by atoms with Gasteiger partial charge in [-0.3, -0.25) is 9.48 Å². The van der Waals surface area contributed by atoms with Crippen molar-refractivity contribution in [1.82, 2.24) is 9.78 Å². The number of carbonyl (C=O) groups excluding carboxylic acids is 1. The third-order valence-corrected chi connectivity index (χ3v) is 4.98. The maximum Gasteiger partial charge on any atom is 0.203 e. The van der Waals surface area contributed by atoms with Gasteiger partial charge in [-0.2, -0.15) is 5.10 Å². The molecule has 28 heavy (non-hydrogen) atoms. The standard InChI is InChI=1S/C19H17Cl2F2N3O2/c1-26-18(13(20)9-25-26)12-7-17(28-19(12)21)16(27)6-11(8-24)4-10-2-3-14(22)15(23)5-10/h2-3,5,7,9,11H,4,6,8,24H2,1H3/t11-/m1/s1. The van der Waals surface area contributed by atoms with Gasteiger partial charge in [0.05, 0.1) is 22.5 Å². The van der Waals surface area contributed by atoms with E-state index in [0.29, 0.717) is 28.3 Å². The number of Topliss-reactive ketones (excluding diaryl/α,β-unsaturated/α-hetero) is 1. The lowest BCUT2D eigenvalue weighted by Crippen LogP contribution is -2.20. The van der Waals surface area contributed by atoms with E-state index in [0.717, 1.165) is 12.1 Å². The van der Waals surface area contributed by atoms with E-state index in [9.17, 15) is 13.6 Å². The summed E-state index contributed by atoms with van der Waals surface area (Å²) in [5, 5.41) is 4.44. The number of carbonyl (C=O) groups is 1. The molecule has 0 radical (unpaired) electrons. The Morgan fingerprint density at radius 3 is 2.64 bits per heavy atom. The first kappa shape index (κ1) is 20.5. The Bertz CT molecular complexity index is 997. The number of nitrogens with zero attached hydrogens (tertiary/aromatic N) is 2. The van der Waals surface area contributed by atoms with Crippen molar-refractivity contribution in [2.45, 2.75) is 12.8 Å². The molecule has 1 aromatic carbocycles. The molecule has 0 aliphatic carbocycles. The van der Waals surface area contributed by atoms with Crippen LogP contribution in [0.15, 0.2) is 34.9 Å². The Labute approximate surface area is 170 Å². The fourth-order valence-corrected chi connectivity index (χ4v) is 3.48. The van der Waals surface area contributed by atoms with Gasteiger partial charge in [-0.05, 0) is 54.2 Å². The van der Waals surface area contributed by atoms with Crippen LogP contribution in [0.5, 0.6) is 0 Å². The van der Waals surface area contributed by atoms with Crippen LogP contribution in [0, 0.1) is 17.6 Å². The molecule has 3 aromatic rings. The zero-order valence-corrected chi connectivity index (χ0v) is 16.4. The summed E-state index contributed by atoms with van der Waals surface area (Å²) in [6.07, 6.45) is 1.86. The van der Waals surface area contributed by atoms with Crippen molar-refractivity contribution in [3.8, 4) is 11.3 Å². The summed E-state index contributed by atoms with van der Waals surface area (Å²) in [6, 6.07) is 5.14. The molecule has 0 aliphatic heterocycles. The Morgan fingerprint density at radius 2 is 2.04 bits per heavy atom. The summed E-state index contributed by atoms with van der Waals surface area (Å²) < 4.78 is 33.4. The molecular formula is C19H17Cl2F2N3O2. The van der Waals surface area contributed by atoms with Crippen molar-refractivity contribution in [2.75, 3.05) is 6.54 Å². The highest BCUT2D eigenvalue weighted by Crippen LogP contribution is 2.35. The summed E-state index contributed by atoms with van der Waals surface area (Å²) >= 11 is 12.3. The number of benzene rings is 1. The first-order valence-electron chi connectivity index (χ1n) is 8.44. The lowest BCUT2D eigenvalue weighted by Gasteiger charge is -2.13. The average molecular weight is 428 g/mol. The Hall–Kier alpha value is -2.22. The van der Waals surface area contributed by atoms with E-state index in [4.69, 9.17) is 33.4 Å². The average Bonchev–Trinajstić information content (AvgIpc) is 3.19. The molecule has 0 aliphatic rings. The number of hydrogen-bond acceptors (Lipinski definition) is 4. The summed E-state index contributed by atoms with van der Waals surface area (Å²) in [6.45, 7) is 0.194. The van der Waals surface area contributed by atoms with Gasteiger partial charge in [0.1, 0.15) is 0 Å². The van der Waals surface area contributed by atoms with Gasteiger partial charge in [-0.1, -0.05) is 17.7 Å². The second-order valence-corrected chi connectivity index (χ2v) is 7.19. The smallest absolute Gasteiger partial charge is 0.203 e. The Kier molecular flexibility index (Phi) is 6.17. The van der Waals surface area contributed by atoms with E-state index in [1.54, 1.807) is 7.05 Å². The lowest BCUT2D eigenvalue weighted by molar-refractivity contribution is 0.0935. The van der Waals surface area contributed by atoms with Gasteiger partial charge in [-0.15, -0.1) is 0 Å². The van der Waals surface area contributed by atoms with E-state index in [1.807, 2.05) is 0 Å². The van der Waals surface area contributed by atoms with Gasteiger partial charge in [0.15, 0.2) is 23.2 Å². The van der Waals surface area contributed by atoms with Gasteiger partial charge < -0.3 is 10.2 Å². The minimum absolute atomic E-state index is 0.0266. The molecule has 5 nitrogen and oxygen atoms in total. The van der Waals surface area contributed by atoms with Gasteiger partial charge in [0.2, 0.25) is 5.22 Å². The molecule has 0 spiro atoms. The SMILES string of the molecule is Cn1ncc(Cl)c1-c1cc(C(=O)C[C@H](CN)Cc2ccc(F)c(F)c2)oc1Cl. The predicted octanol–water partition coefficient (Wildman–Crippen LogP) is 4.66. The van der Waals surface area contributed by atoms with Gasteiger partial charge in [-0.25, -0.2) is 8.78 Å². The number of aryl methyl sites for hydroxylation is 1. The van der Waals surface area contributed by atoms with Crippen LogP contribution >= 0.6 is 23.2 Å². The Morgan fingerprint density at radius 1 is 1.29 bits per heavy atom. The third kappa shape index (κ3) is 4.27. The summed E-state index contributed by atoms with van der Waals surface area (Å²) in [4.78, 5) is 12.6. The molecule has 0 amide bonds. The number of halogens is 4. The number of furan rings is 1. The van der Waals surface area contributed by atoms with Crippen LogP contribution in [-0.4, -0.2) is 22.1 Å². The minimum atomic E-state index is -0.935. The van der Waals surface area contributed by atoms with Crippen molar-refractivity contribution in [2.24, 2.45) is 18.7 Å². The number of rotatable bonds is 7. The van der Waals surface area contributed by atoms with E-state index >= 15 is 0 Å². The lowest BCUT2D eigenvalue weighted by atomic mass is 9.93. The highest BCUT2D eigenvalue weighted by molar-refractivity contribution is 6.35. The highest BCUT2D eigenvalue weighted by atomic mass is 35.5. The molecule has 2 N–H and O–H groups in total. The van der Waals surface area contributed by atoms with Gasteiger partial charge in [0.25, 0.3) is 0 Å². The van der Waals surface area contributed by atoms with Crippen LogP contribution in [0.1, 0.15) is 22.5 Å². The predicted molar refractivity (Wildman–Crippen MR) is 102 cm³/mol. The van der Waals surface area contributed by atoms with Crippen molar-refractivity contribution < 1.29 is 18.0 Å². The fourth-order valence-electron chi connectivity index (χ4n) is 2.98. The number of ketones is 1. The molecular weight excluding hydrogens is 411 g/mol. The number of aromatic nitrogens is 2. The summed E-state index contributed by atoms with van der Waals surface area (Å²) in [7, 11) is 1.69. The van der Waals surface area contributed by atoms with E-state index in [2.05, 4.69) is 5.10 Å². The molecule has 9 heteroatoms. The van der Waals surface area contributed by atoms with Crippen LogP contribution in [-0.2, 0) is 13.5 Å². The summed E-state index contributed by atoms with van der Waals surface area (Å²) in [5.74, 6) is -2.36. The molecule has 0 unspecified atom stereocenters. The Balaban J connectivity index is 1.76. The number of nitrogens with two attached hydrogens (primary N) is 1. The fraction of sp³-hybridized carbons (Fsp3) is 0.263. The second-order valence-electron chi connectivity index (χ2n) is 6.44. The van der Waals surface area contributed by atoms with Crippen molar-refractivity contribution in [3.63, 3.8) is 0 Å². The molecule has 2 aromatic heterocycles. The minimum Gasteiger partial charge on any atom is -0.441 e. The van der Waals surface area contributed by atoms with Crippen LogP contribution in [0.4, 0.5) is 8.78 Å². The maximum atomic E-state index is 13.4. The zero-order chi connectivity index (χ0) is 20.4. The van der Waals surface area contributed by atoms with Crippen molar-refractivity contribution in [3.05, 3.63) is 63.7 Å². The molecule has 3 rings (SSSR count). The monoisotopic (exact) mass is 427 g/mol. The van der Waals surface area contributed by atoms with Gasteiger partial charge >= 0.3 is 0 Å². The molecule has 0 fully saturated rings. The number of hydrogen-bond donors (Lipinski definition) is 1. The maximum absolute atomic E-state index is 13.4. The van der Waals surface area contributed by atoms with Crippen LogP contribution < -0.4 is 5.73 Å². The van der Waals surface area contributed by atoms with Crippen molar-refractivity contribution in [1.29, 1.82) is 0 Å². The largest absolute Gasteiger partial charge is 0.441 e. The van der Waals surface area contributed by atoms with Crippen LogP contribution in [0.25, 0.3) is 11.3 Å². The summed E-state index contributed by atoms with van der Waals surface area (Å²) in [5.41, 5.74) is 7.31. The molecule has 1 atom stereocenters. The van der Waals surface area contributed by atoms with E-state index in [1.165, 1.54) is 23.0 Å². The van der Waals surface area contributed by atoms with Crippen LogP contribution in [0.2, 0.25) is 10.2 Å². The third-order valence-electron chi connectivity index (χ3n) is 4.43. The topological polar surface area (TPSA) is 74.0 Å². The quantitative estimate of drug-likeness (QED) is 0.556. The zero-order valence-electron chi connectivity index (χ0n) is 14.9. The first-order chi connectivity index (χ1) is 13.3. The van der Waals surface area contributed by atoms with E-state index in [-0.39, 0.29) is 35.6 Å². The molecule has 2 heterocycles. The molecule has 0 bridgehead atoms. The van der Waals surface area contributed by atoms with Crippen LogP contribution in [0.3, 0.4) is 0 Å².